The molecule has 0 spiro atoms. The molecule has 2 aromatic rings. The van der Waals surface area contributed by atoms with E-state index in [2.05, 4.69) is 44.7 Å². The van der Waals surface area contributed by atoms with Crippen LogP contribution in [0.4, 0.5) is 20.5 Å². The van der Waals surface area contributed by atoms with E-state index in [-0.39, 0.29) is 17.8 Å². The van der Waals surface area contributed by atoms with Crippen LogP contribution in [0.25, 0.3) is 0 Å². The summed E-state index contributed by atoms with van der Waals surface area (Å²) in [6, 6.07) is 3.89. The third kappa shape index (κ3) is 7.10. The number of nitrogens with one attached hydrogen (secondary N) is 3. The lowest BCUT2D eigenvalue weighted by molar-refractivity contribution is -0.122. The van der Waals surface area contributed by atoms with Gasteiger partial charge in [0.2, 0.25) is 11.9 Å². The van der Waals surface area contributed by atoms with Crippen LogP contribution in [0.2, 0.25) is 0 Å². The molecular formula is C24H32F2N6O2. The molecule has 1 atom stereocenters. The van der Waals surface area contributed by atoms with Crippen LogP contribution in [0.15, 0.2) is 24.3 Å². The van der Waals surface area contributed by atoms with Crippen LogP contribution in [0, 0.1) is 17.6 Å². The van der Waals surface area contributed by atoms with E-state index in [9.17, 15) is 18.4 Å². The van der Waals surface area contributed by atoms with Crippen LogP contribution in [0.1, 0.15) is 56.1 Å². The van der Waals surface area contributed by atoms with Crippen molar-refractivity contribution in [3.63, 3.8) is 0 Å². The summed E-state index contributed by atoms with van der Waals surface area (Å²) in [6.45, 7) is 8.06. The van der Waals surface area contributed by atoms with Gasteiger partial charge in [0, 0.05) is 43.9 Å². The molecule has 34 heavy (non-hydrogen) atoms. The first-order chi connectivity index (χ1) is 16.2. The fraction of sp³-hybridized carbons (Fsp3) is 0.500. The Bertz CT molecular complexity index is 1010. The first-order valence-corrected chi connectivity index (χ1v) is 11.6. The highest BCUT2D eigenvalue weighted by Gasteiger charge is 2.21. The van der Waals surface area contributed by atoms with Gasteiger partial charge < -0.3 is 20.9 Å². The molecular weight excluding hydrogens is 442 g/mol. The van der Waals surface area contributed by atoms with Crippen LogP contribution >= 0.6 is 0 Å². The van der Waals surface area contributed by atoms with Gasteiger partial charge in [0.15, 0.2) is 0 Å². The van der Waals surface area contributed by atoms with Gasteiger partial charge in [-0.2, -0.15) is 4.98 Å². The third-order valence-electron chi connectivity index (χ3n) is 5.59. The van der Waals surface area contributed by atoms with Gasteiger partial charge >= 0.3 is 0 Å². The summed E-state index contributed by atoms with van der Waals surface area (Å²) in [5.41, 5.74) is 0.310. The Labute approximate surface area is 198 Å². The molecule has 2 amide bonds. The predicted molar refractivity (Wildman–Crippen MR) is 127 cm³/mol. The van der Waals surface area contributed by atoms with Crippen LogP contribution < -0.4 is 20.9 Å². The highest BCUT2D eigenvalue weighted by molar-refractivity contribution is 5.96. The van der Waals surface area contributed by atoms with Crippen molar-refractivity contribution in [3.8, 4) is 0 Å². The molecule has 1 aromatic heterocycles. The zero-order valence-electron chi connectivity index (χ0n) is 19.8. The molecule has 184 valence electrons. The Hall–Kier alpha value is -3.30. The maximum absolute atomic E-state index is 13.8. The van der Waals surface area contributed by atoms with Crippen molar-refractivity contribution in [2.45, 2.75) is 52.6 Å². The second kappa shape index (κ2) is 11.7. The fourth-order valence-electron chi connectivity index (χ4n) is 3.55. The van der Waals surface area contributed by atoms with Gasteiger partial charge in [-0.1, -0.05) is 19.9 Å². The molecule has 0 unspecified atom stereocenters. The van der Waals surface area contributed by atoms with Crippen molar-refractivity contribution in [2.24, 2.45) is 5.92 Å². The van der Waals surface area contributed by atoms with Crippen molar-refractivity contribution in [1.29, 1.82) is 0 Å². The van der Waals surface area contributed by atoms with Gasteiger partial charge in [-0.3, -0.25) is 9.59 Å². The van der Waals surface area contributed by atoms with Gasteiger partial charge in [0.1, 0.15) is 29.2 Å². The quantitative estimate of drug-likeness (QED) is 0.489. The largest absolute Gasteiger partial charge is 0.356 e. The van der Waals surface area contributed by atoms with E-state index in [1.807, 2.05) is 0 Å². The zero-order chi connectivity index (χ0) is 24.7. The van der Waals surface area contributed by atoms with Crippen LogP contribution in [0.5, 0.6) is 0 Å². The number of benzene rings is 1. The molecule has 1 aliphatic rings. The summed E-state index contributed by atoms with van der Waals surface area (Å²) in [5.74, 6) is -0.881. The van der Waals surface area contributed by atoms with E-state index in [0.29, 0.717) is 24.2 Å². The minimum Gasteiger partial charge on any atom is -0.356 e. The predicted octanol–water partition coefficient (Wildman–Crippen LogP) is 3.25. The minimum atomic E-state index is -0.890. The molecule has 8 nitrogen and oxygen atoms in total. The zero-order valence-corrected chi connectivity index (χ0v) is 19.8. The van der Waals surface area contributed by atoms with Crippen LogP contribution in [-0.2, 0) is 11.3 Å². The lowest BCUT2D eigenvalue weighted by Gasteiger charge is -2.19. The van der Waals surface area contributed by atoms with Gasteiger partial charge in [-0.25, -0.2) is 13.8 Å². The van der Waals surface area contributed by atoms with Gasteiger partial charge in [0.05, 0.1) is 0 Å². The van der Waals surface area contributed by atoms with Gasteiger partial charge in [-0.15, -0.1) is 0 Å². The molecule has 10 heteroatoms. The molecule has 1 saturated heterocycles. The molecule has 0 aliphatic carbocycles. The topological polar surface area (TPSA) is 99.2 Å². The Morgan fingerprint density at radius 3 is 2.50 bits per heavy atom. The molecule has 3 rings (SSSR count). The SMILES string of the molecule is CC(C)CCNc1nc(C(=O)N[C@@H](C)C(=O)NCc2ccc(F)cc2F)cc(N2CCCC2)n1. The van der Waals surface area contributed by atoms with E-state index in [4.69, 9.17) is 0 Å². The highest BCUT2D eigenvalue weighted by atomic mass is 19.1. The van der Waals surface area contributed by atoms with E-state index < -0.39 is 29.5 Å². The molecule has 3 N–H and O–H groups in total. The molecule has 1 aromatic carbocycles. The number of nitrogens with zero attached hydrogens (tertiary/aromatic N) is 3. The number of aromatic nitrogens is 2. The van der Waals surface area contributed by atoms with Crippen LogP contribution in [-0.4, -0.2) is 47.5 Å². The minimum absolute atomic E-state index is 0.123. The number of hydrogen-bond acceptors (Lipinski definition) is 6. The number of carbonyl (C=O) groups is 2. The van der Waals surface area contributed by atoms with E-state index in [1.165, 1.54) is 13.0 Å². The first kappa shape index (κ1) is 25.3. The number of carbonyl (C=O) groups excluding carboxylic acids is 2. The average molecular weight is 475 g/mol. The maximum atomic E-state index is 13.8. The van der Waals surface area contributed by atoms with Crippen molar-refractivity contribution in [3.05, 3.63) is 47.2 Å². The number of amides is 2. The third-order valence-corrected chi connectivity index (χ3v) is 5.59. The monoisotopic (exact) mass is 474 g/mol. The Kier molecular flexibility index (Phi) is 8.72. The van der Waals surface area contributed by atoms with E-state index >= 15 is 0 Å². The number of halogens is 2. The first-order valence-electron chi connectivity index (χ1n) is 11.6. The smallest absolute Gasteiger partial charge is 0.270 e. The summed E-state index contributed by atoms with van der Waals surface area (Å²) in [6.07, 6.45) is 3.06. The standard InChI is InChI=1S/C24H32F2N6O2/c1-15(2)8-9-27-24-30-20(13-21(31-24)32-10-4-5-11-32)23(34)29-16(3)22(33)28-14-17-6-7-18(25)12-19(17)26/h6-7,12-13,15-16H,4-5,8-11,14H2,1-3H3,(H,28,33)(H,29,34)(H,27,30,31)/t16-/m0/s1. The van der Waals surface area contributed by atoms with E-state index in [0.717, 1.165) is 44.5 Å². The normalized spacial score (nSPS) is 14.2. The van der Waals surface area contributed by atoms with Gasteiger partial charge in [0.25, 0.3) is 5.91 Å². The summed E-state index contributed by atoms with van der Waals surface area (Å²) >= 11 is 0. The Balaban J connectivity index is 1.65. The molecule has 0 bridgehead atoms. The molecule has 0 radical (unpaired) electrons. The van der Waals surface area contributed by atoms with Crippen molar-refractivity contribution >= 4 is 23.6 Å². The lowest BCUT2D eigenvalue weighted by Crippen LogP contribution is -2.45. The lowest BCUT2D eigenvalue weighted by atomic mass is 10.1. The summed E-state index contributed by atoms with van der Waals surface area (Å²) in [7, 11) is 0. The van der Waals surface area contributed by atoms with Crippen LogP contribution in [0.3, 0.4) is 0 Å². The second-order valence-corrected chi connectivity index (χ2v) is 8.89. The van der Waals surface area contributed by atoms with Crippen molar-refractivity contribution < 1.29 is 18.4 Å². The molecule has 1 fully saturated rings. The molecule has 2 heterocycles. The summed E-state index contributed by atoms with van der Waals surface area (Å²) in [4.78, 5) is 36.4. The van der Waals surface area contributed by atoms with E-state index in [1.54, 1.807) is 6.07 Å². The Morgan fingerprint density at radius 2 is 1.82 bits per heavy atom. The second-order valence-electron chi connectivity index (χ2n) is 8.89. The number of hydrogen-bond donors (Lipinski definition) is 3. The highest BCUT2D eigenvalue weighted by Crippen LogP contribution is 2.20. The number of rotatable bonds is 10. The van der Waals surface area contributed by atoms with Crippen molar-refractivity contribution in [2.75, 3.05) is 29.9 Å². The molecule has 0 saturated carbocycles. The van der Waals surface area contributed by atoms with Gasteiger partial charge in [-0.05, 0) is 38.2 Å². The summed E-state index contributed by atoms with van der Waals surface area (Å²) in [5, 5.41) is 8.37. The molecule has 1 aliphatic heterocycles. The average Bonchev–Trinajstić information content (AvgIpc) is 3.33. The Morgan fingerprint density at radius 1 is 1.09 bits per heavy atom. The van der Waals surface area contributed by atoms with Crippen molar-refractivity contribution in [1.82, 2.24) is 20.6 Å². The summed E-state index contributed by atoms with van der Waals surface area (Å²) < 4.78 is 26.8. The number of anilines is 2. The fourth-order valence-corrected chi connectivity index (χ4v) is 3.55. The maximum Gasteiger partial charge on any atom is 0.270 e.